The van der Waals surface area contributed by atoms with Crippen LogP contribution in [-0.4, -0.2) is 57.0 Å². The summed E-state index contributed by atoms with van der Waals surface area (Å²) in [5.41, 5.74) is 4.89. The molecule has 3 heterocycles. The molecule has 0 atom stereocenters. The summed E-state index contributed by atoms with van der Waals surface area (Å²) in [6.07, 6.45) is 3.69. The molecule has 1 N–H and O–H groups in total. The molecular weight excluding hydrogens is 450 g/mol. The lowest BCUT2D eigenvalue weighted by Crippen LogP contribution is -2.46. The second-order valence-electron chi connectivity index (χ2n) is 8.58. The van der Waals surface area contributed by atoms with E-state index in [0.717, 1.165) is 54.0 Å². The lowest BCUT2D eigenvalue weighted by atomic mass is 10.1. The molecular formula is C25H26ClN7O. The van der Waals surface area contributed by atoms with E-state index in [9.17, 15) is 4.79 Å². The van der Waals surface area contributed by atoms with E-state index in [4.69, 9.17) is 11.6 Å². The van der Waals surface area contributed by atoms with Gasteiger partial charge in [-0.15, -0.1) is 5.10 Å². The van der Waals surface area contributed by atoms with Crippen LogP contribution in [0.3, 0.4) is 0 Å². The van der Waals surface area contributed by atoms with E-state index in [2.05, 4.69) is 36.5 Å². The van der Waals surface area contributed by atoms with E-state index < -0.39 is 0 Å². The summed E-state index contributed by atoms with van der Waals surface area (Å²) in [5, 5.41) is 13.1. The van der Waals surface area contributed by atoms with Crippen LogP contribution in [0.15, 0.2) is 60.9 Å². The first-order valence-electron chi connectivity index (χ1n) is 11.3. The molecule has 1 aliphatic rings. The maximum atomic E-state index is 12.3. The third-order valence-electron chi connectivity index (χ3n) is 6.01. The number of fused-ring (bicyclic) bond motifs is 1. The molecule has 0 spiro atoms. The number of carbonyl (C=O) groups is 1. The van der Waals surface area contributed by atoms with Crippen molar-refractivity contribution >= 4 is 39.8 Å². The molecule has 1 amide bonds. The summed E-state index contributed by atoms with van der Waals surface area (Å²) in [4.78, 5) is 21.5. The van der Waals surface area contributed by atoms with Crippen molar-refractivity contribution in [3.8, 4) is 0 Å². The van der Waals surface area contributed by atoms with Gasteiger partial charge in [0.1, 0.15) is 6.54 Å². The molecule has 2 aromatic carbocycles. The molecule has 8 nitrogen and oxygen atoms in total. The second kappa shape index (κ2) is 9.79. The van der Waals surface area contributed by atoms with Gasteiger partial charge in [0.2, 0.25) is 5.91 Å². The van der Waals surface area contributed by atoms with Gasteiger partial charge in [-0.2, -0.15) is 0 Å². The lowest BCUT2D eigenvalue weighted by molar-refractivity contribution is -0.116. The minimum atomic E-state index is -0.125. The minimum Gasteiger partial charge on any atom is -0.368 e. The van der Waals surface area contributed by atoms with Gasteiger partial charge >= 0.3 is 0 Å². The molecule has 34 heavy (non-hydrogen) atoms. The van der Waals surface area contributed by atoms with E-state index in [-0.39, 0.29) is 12.5 Å². The first-order chi connectivity index (χ1) is 16.5. The highest BCUT2D eigenvalue weighted by Crippen LogP contribution is 2.28. The molecule has 4 aromatic rings. The zero-order valence-electron chi connectivity index (χ0n) is 19.0. The summed E-state index contributed by atoms with van der Waals surface area (Å²) < 4.78 is 1.59. The van der Waals surface area contributed by atoms with Crippen molar-refractivity contribution < 1.29 is 4.79 Å². The number of aryl methyl sites for hydroxylation is 1. The highest BCUT2D eigenvalue weighted by atomic mass is 35.5. The van der Waals surface area contributed by atoms with Gasteiger partial charge < -0.3 is 10.2 Å². The summed E-state index contributed by atoms with van der Waals surface area (Å²) >= 11 is 6.13. The Balaban J connectivity index is 1.15. The summed E-state index contributed by atoms with van der Waals surface area (Å²) in [6, 6.07) is 15.6. The van der Waals surface area contributed by atoms with Gasteiger partial charge in [0, 0.05) is 60.7 Å². The SMILES string of the molecule is Cc1ccc(NC(=O)Cn2cc(CN3CCN(c4ccnc5cc(Cl)ccc45)CC3)nn2)cc1. The average Bonchev–Trinajstić information content (AvgIpc) is 3.27. The molecule has 1 fully saturated rings. The predicted octanol–water partition coefficient (Wildman–Crippen LogP) is 3.75. The second-order valence-corrected chi connectivity index (χ2v) is 9.01. The number of anilines is 2. The van der Waals surface area contributed by atoms with Crippen molar-refractivity contribution in [1.29, 1.82) is 0 Å². The normalized spacial score (nSPS) is 14.5. The maximum Gasteiger partial charge on any atom is 0.246 e. The lowest BCUT2D eigenvalue weighted by Gasteiger charge is -2.36. The molecule has 0 unspecified atom stereocenters. The fourth-order valence-electron chi connectivity index (χ4n) is 4.23. The highest BCUT2D eigenvalue weighted by Gasteiger charge is 2.20. The molecule has 0 aliphatic carbocycles. The molecule has 1 aliphatic heterocycles. The van der Waals surface area contributed by atoms with E-state index >= 15 is 0 Å². The standard InChI is InChI=1S/C25H26ClN7O/c1-18-2-5-20(6-3-18)28-25(34)17-33-16-21(29-30-33)15-31-10-12-32(13-11-31)24-8-9-27-23-14-19(26)4-7-22(23)24/h2-9,14,16H,10-13,15,17H2,1H3,(H,28,34). The molecule has 9 heteroatoms. The number of benzene rings is 2. The fraction of sp³-hybridized carbons (Fsp3) is 0.280. The number of rotatable bonds is 6. The number of aromatic nitrogens is 4. The van der Waals surface area contributed by atoms with Gasteiger partial charge in [0.15, 0.2) is 0 Å². The molecule has 0 bridgehead atoms. The Bertz CT molecular complexity index is 1300. The molecule has 2 aromatic heterocycles. The van der Waals surface area contributed by atoms with Crippen LogP contribution in [-0.2, 0) is 17.9 Å². The van der Waals surface area contributed by atoms with Gasteiger partial charge in [0.25, 0.3) is 0 Å². The van der Waals surface area contributed by atoms with Crippen molar-refractivity contribution in [3.63, 3.8) is 0 Å². The van der Waals surface area contributed by atoms with Crippen molar-refractivity contribution in [1.82, 2.24) is 24.9 Å². The minimum absolute atomic E-state index is 0.125. The van der Waals surface area contributed by atoms with Gasteiger partial charge in [-0.1, -0.05) is 34.5 Å². The number of nitrogens with one attached hydrogen (secondary N) is 1. The number of halogens is 1. The Morgan fingerprint density at radius 2 is 1.85 bits per heavy atom. The molecule has 5 rings (SSSR count). The van der Waals surface area contributed by atoms with Crippen LogP contribution >= 0.6 is 11.6 Å². The van der Waals surface area contributed by atoms with Crippen LogP contribution in [0, 0.1) is 6.92 Å². The molecule has 1 saturated heterocycles. The summed E-state index contributed by atoms with van der Waals surface area (Å²) in [5.74, 6) is -0.125. The summed E-state index contributed by atoms with van der Waals surface area (Å²) in [7, 11) is 0. The first kappa shape index (κ1) is 22.3. The van der Waals surface area contributed by atoms with Crippen LogP contribution in [0.1, 0.15) is 11.3 Å². The topological polar surface area (TPSA) is 79.2 Å². The number of hydrogen-bond acceptors (Lipinski definition) is 6. The molecule has 0 radical (unpaired) electrons. The van der Waals surface area contributed by atoms with E-state index in [1.807, 2.05) is 61.8 Å². The third kappa shape index (κ3) is 5.18. The van der Waals surface area contributed by atoms with Crippen LogP contribution < -0.4 is 10.2 Å². The third-order valence-corrected chi connectivity index (χ3v) is 6.24. The van der Waals surface area contributed by atoms with Crippen LogP contribution in [0.2, 0.25) is 5.02 Å². The first-order valence-corrected chi connectivity index (χ1v) is 11.7. The number of nitrogens with zero attached hydrogens (tertiary/aromatic N) is 6. The highest BCUT2D eigenvalue weighted by molar-refractivity contribution is 6.31. The van der Waals surface area contributed by atoms with Gasteiger partial charge in [0.05, 0.1) is 17.4 Å². The Hall–Kier alpha value is -3.49. The smallest absolute Gasteiger partial charge is 0.246 e. The van der Waals surface area contributed by atoms with Gasteiger partial charge in [-0.25, -0.2) is 4.68 Å². The van der Waals surface area contributed by atoms with Crippen molar-refractivity contribution in [2.75, 3.05) is 36.4 Å². The number of pyridine rings is 1. The number of piperazine rings is 1. The molecule has 0 saturated carbocycles. The quantitative estimate of drug-likeness (QED) is 0.457. The molecule has 174 valence electrons. The Morgan fingerprint density at radius 3 is 2.65 bits per heavy atom. The van der Waals surface area contributed by atoms with Gasteiger partial charge in [-0.05, 0) is 43.3 Å². The van der Waals surface area contributed by atoms with Crippen molar-refractivity contribution in [3.05, 3.63) is 77.2 Å². The van der Waals surface area contributed by atoms with E-state index in [1.54, 1.807) is 4.68 Å². The van der Waals surface area contributed by atoms with Gasteiger partial charge in [-0.3, -0.25) is 14.7 Å². The van der Waals surface area contributed by atoms with Crippen molar-refractivity contribution in [2.45, 2.75) is 20.0 Å². The van der Waals surface area contributed by atoms with Crippen LogP contribution in [0.5, 0.6) is 0 Å². The fourth-order valence-corrected chi connectivity index (χ4v) is 4.40. The largest absolute Gasteiger partial charge is 0.368 e. The number of carbonyl (C=O) groups excluding carboxylic acids is 1. The zero-order chi connectivity index (χ0) is 23.5. The number of hydrogen-bond donors (Lipinski definition) is 1. The Morgan fingerprint density at radius 1 is 1.06 bits per heavy atom. The van der Waals surface area contributed by atoms with Crippen LogP contribution in [0.4, 0.5) is 11.4 Å². The average molecular weight is 476 g/mol. The van der Waals surface area contributed by atoms with E-state index in [1.165, 1.54) is 5.69 Å². The summed E-state index contributed by atoms with van der Waals surface area (Å²) in [6.45, 7) is 6.51. The number of amides is 1. The van der Waals surface area contributed by atoms with Crippen LogP contribution in [0.25, 0.3) is 10.9 Å². The Labute approximate surface area is 203 Å². The maximum absolute atomic E-state index is 12.3. The zero-order valence-corrected chi connectivity index (χ0v) is 19.7. The Kier molecular flexibility index (Phi) is 6.42. The monoisotopic (exact) mass is 475 g/mol. The van der Waals surface area contributed by atoms with E-state index in [0.29, 0.717) is 11.6 Å². The predicted molar refractivity (Wildman–Crippen MR) is 134 cm³/mol. The van der Waals surface area contributed by atoms with Crippen molar-refractivity contribution in [2.24, 2.45) is 0 Å².